The van der Waals surface area contributed by atoms with Gasteiger partial charge in [0, 0.05) is 6.54 Å². The number of likely N-dealkylation sites (N-methyl/N-ethyl adjacent to an activating group) is 1. The third-order valence-corrected chi connectivity index (χ3v) is 5.13. The second-order valence-corrected chi connectivity index (χ2v) is 7.03. The van der Waals surface area contributed by atoms with Crippen molar-refractivity contribution < 1.29 is 27.8 Å². The molecule has 0 bridgehead atoms. The average Bonchev–Trinajstić information content (AvgIpc) is 2.77. The van der Waals surface area contributed by atoms with Crippen LogP contribution in [0.2, 0.25) is 0 Å². The van der Waals surface area contributed by atoms with E-state index in [1.54, 1.807) is 6.92 Å². The smallest absolute Gasteiger partial charge is 0.310 e. The van der Waals surface area contributed by atoms with E-state index in [4.69, 9.17) is 14.6 Å². The molecule has 0 aromatic rings. The van der Waals surface area contributed by atoms with Crippen LogP contribution in [0.1, 0.15) is 20.8 Å². The van der Waals surface area contributed by atoms with Gasteiger partial charge in [-0.05, 0) is 13.8 Å². The van der Waals surface area contributed by atoms with Crippen LogP contribution in [0.4, 0.5) is 0 Å². The highest BCUT2D eigenvalue weighted by atomic mass is 32.2. The zero-order chi connectivity index (χ0) is 15.3. The lowest BCUT2D eigenvalue weighted by atomic mass is 10.0. The zero-order valence-electron chi connectivity index (χ0n) is 12.1. The molecule has 0 aliphatic carbocycles. The number of hydrogen-bond donors (Lipinski definition) is 1. The maximum atomic E-state index is 12.3. The summed E-state index contributed by atoms with van der Waals surface area (Å²) in [5, 5.41) is 9.12. The van der Waals surface area contributed by atoms with E-state index in [0.29, 0.717) is 0 Å². The lowest BCUT2D eigenvalue weighted by Gasteiger charge is -2.28. The SMILES string of the molecule is CCN(C1COCC1C(=O)O)S(=O)(=O)CCOC(C)C. The summed E-state index contributed by atoms with van der Waals surface area (Å²) in [6.07, 6.45) is -0.0399. The van der Waals surface area contributed by atoms with Crippen molar-refractivity contribution in [1.82, 2.24) is 4.31 Å². The third kappa shape index (κ3) is 4.41. The molecule has 20 heavy (non-hydrogen) atoms. The van der Waals surface area contributed by atoms with Crippen LogP contribution < -0.4 is 0 Å². The summed E-state index contributed by atoms with van der Waals surface area (Å²) < 4.78 is 36.2. The normalized spacial score (nSPS) is 23.6. The molecule has 1 heterocycles. The third-order valence-electron chi connectivity index (χ3n) is 3.20. The van der Waals surface area contributed by atoms with Gasteiger partial charge in [-0.1, -0.05) is 6.92 Å². The fourth-order valence-electron chi connectivity index (χ4n) is 2.21. The first-order valence-corrected chi connectivity index (χ1v) is 8.32. The number of hydrogen-bond acceptors (Lipinski definition) is 5. The number of sulfonamides is 1. The molecular formula is C12H23NO6S. The molecule has 2 unspecified atom stereocenters. The number of carboxylic acids is 1. The number of carboxylic acid groups (broad SMARTS) is 1. The van der Waals surface area contributed by atoms with Crippen molar-refractivity contribution in [2.45, 2.75) is 32.9 Å². The molecule has 0 amide bonds. The first kappa shape index (κ1) is 17.4. The molecule has 0 aromatic carbocycles. The Morgan fingerprint density at radius 3 is 2.60 bits per heavy atom. The molecule has 8 heteroatoms. The second kappa shape index (κ2) is 7.35. The molecule has 1 aliphatic heterocycles. The van der Waals surface area contributed by atoms with E-state index in [1.807, 2.05) is 13.8 Å². The largest absolute Gasteiger partial charge is 0.481 e. The van der Waals surface area contributed by atoms with Crippen LogP contribution in [0.3, 0.4) is 0 Å². The van der Waals surface area contributed by atoms with Crippen molar-refractivity contribution in [3.05, 3.63) is 0 Å². The fourth-order valence-corrected chi connectivity index (χ4v) is 3.76. The molecule has 0 aromatic heterocycles. The van der Waals surface area contributed by atoms with Crippen molar-refractivity contribution in [2.75, 3.05) is 32.1 Å². The van der Waals surface area contributed by atoms with E-state index < -0.39 is 28.0 Å². The van der Waals surface area contributed by atoms with Gasteiger partial charge in [0.25, 0.3) is 0 Å². The average molecular weight is 309 g/mol. The quantitative estimate of drug-likeness (QED) is 0.686. The van der Waals surface area contributed by atoms with Gasteiger partial charge in [0.05, 0.1) is 43.6 Å². The molecular weight excluding hydrogens is 286 g/mol. The van der Waals surface area contributed by atoms with Gasteiger partial charge in [-0.15, -0.1) is 0 Å². The summed E-state index contributed by atoms with van der Waals surface area (Å²) in [5.41, 5.74) is 0. The predicted octanol–water partition coefficient (Wildman–Crippen LogP) is 0.163. The molecule has 1 saturated heterocycles. The van der Waals surface area contributed by atoms with E-state index in [0.717, 1.165) is 0 Å². The van der Waals surface area contributed by atoms with E-state index in [1.165, 1.54) is 4.31 Å². The molecule has 1 aliphatic rings. The van der Waals surface area contributed by atoms with Crippen LogP contribution in [0, 0.1) is 5.92 Å². The Kier molecular flexibility index (Phi) is 6.38. The molecule has 118 valence electrons. The van der Waals surface area contributed by atoms with Crippen molar-refractivity contribution in [3.8, 4) is 0 Å². The summed E-state index contributed by atoms with van der Waals surface area (Å²) >= 11 is 0. The Morgan fingerprint density at radius 1 is 1.45 bits per heavy atom. The maximum Gasteiger partial charge on any atom is 0.310 e. The molecule has 1 N–H and O–H groups in total. The van der Waals surface area contributed by atoms with Crippen LogP contribution in [-0.2, 0) is 24.3 Å². The monoisotopic (exact) mass is 309 g/mol. The van der Waals surface area contributed by atoms with Gasteiger partial charge in [0.1, 0.15) is 0 Å². The first-order chi connectivity index (χ1) is 9.29. The van der Waals surface area contributed by atoms with Crippen LogP contribution in [0.25, 0.3) is 0 Å². The molecule has 1 rings (SSSR count). The highest BCUT2D eigenvalue weighted by Crippen LogP contribution is 2.22. The highest BCUT2D eigenvalue weighted by Gasteiger charge is 2.41. The second-order valence-electron chi connectivity index (χ2n) is 4.99. The molecule has 0 spiro atoms. The van der Waals surface area contributed by atoms with Gasteiger partial charge in [-0.3, -0.25) is 4.79 Å². The van der Waals surface area contributed by atoms with Crippen molar-refractivity contribution in [2.24, 2.45) is 5.92 Å². The van der Waals surface area contributed by atoms with Gasteiger partial charge >= 0.3 is 5.97 Å². The van der Waals surface area contributed by atoms with E-state index in [-0.39, 0.29) is 38.2 Å². The predicted molar refractivity (Wildman–Crippen MR) is 73.0 cm³/mol. The Balaban J connectivity index is 2.75. The van der Waals surface area contributed by atoms with E-state index >= 15 is 0 Å². The Hall–Kier alpha value is -0.700. The topological polar surface area (TPSA) is 93.1 Å². The highest BCUT2D eigenvalue weighted by molar-refractivity contribution is 7.89. The lowest BCUT2D eigenvalue weighted by molar-refractivity contribution is -0.142. The number of aliphatic carboxylic acids is 1. The van der Waals surface area contributed by atoms with Crippen LogP contribution >= 0.6 is 0 Å². The minimum Gasteiger partial charge on any atom is -0.481 e. The standard InChI is InChI=1S/C12H23NO6S/c1-4-13(11-8-18-7-10(11)12(14)15)20(16,17)6-5-19-9(2)3/h9-11H,4-8H2,1-3H3,(H,14,15). The van der Waals surface area contributed by atoms with Crippen LogP contribution in [-0.4, -0.2) is 68.1 Å². The molecule has 0 saturated carbocycles. The summed E-state index contributed by atoms with van der Waals surface area (Å²) in [6.45, 7) is 5.84. The fraction of sp³-hybridized carbons (Fsp3) is 0.917. The minimum atomic E-state index is -3.55. The summed E-state index contributed by atoms with van der Waals surface area (Å²) in [7, 11) is -3.55. The lowest BCUT2D eigenvalue weighted by Crippen LogP contribution is -2.47. The van der Waals surface area contributed by atoms with Gasteiger partial charge in [-0.25, -0.2) is 8.42 Å². The summed E-state index contributed by atoms with van der Waals surface area (Å²) in [6, 6.07) is -0.637. The number of rotatable bonds is 8. The van der Waals surface area contributed by atoms with Crippen molar-refractivity contribution in [3.63, 3.8) is 0 Å². The van der Waals surface area contributed by atoms with Crippen molar-refractivity contribution in [1.29, 1.82) is 0 Å². The van der Waals surface area contributed by atoms with Gasteiger partial charge in [0.2, 0.25) is 10.0 Å². The number of ether oxygens (including phenoxy) is 2. The van der Waals surface area contributed by atoms with E-state index in [2.05, 4.69) is 0 Å². The minimum absolute atomic E-state index is 0.0399. The van der Waals surface area contributed by atoms with Gasteiger partial charge in [-0.2, -0.15) is 4.31 Å². The molecule has 1 fully saturated rings. The maximum absolute atomic E-state index is 12.3. The number of carbonyl (C=O) groups is 1. The summed E-state index contributed by atoms with van der Waals surface area (Å²) in [4.78, 5) is 11.1. The van der Waals surface area contributed by atoms with Crippen LogP contribution in [0.5, 0.6) is 0 Å². The Labute approximate surface area is 119 Å². The molecule has 7 nitrogen and oxygen atoms in total. The molecule has 2 atom stereocenters. The van der Waals surface area contributed by atoms with Crippen molar-refractivity contribution >= 4 is 16.0 Å². The first-order valence-electron chi connectivity index (χ1n) is 6.71. The Bertz CT molecular complexity index is 422. The van der Waals surface area contributed by atoms with Gasteiger partial charge in [0.15, 0.2) is 0 Å². The summed E-state index contributed by atoms with van der Waals surface area (Å²) in [5.74, 6) is -1.99. The molecule has 0 radical (unpaired) electrons. The van der Waals surface area contributed by atoms with Gasteiger partial charge < -0.3 is 14.6 Å². The Morgan fingerprint density at radius 2 is 2.10 bits per heavy atom. The van der Waals surface area contributed by atoms with E-state index in [9.17, 15) is 13.2 Å². The zero-order valence-corrected chi connectivity index (χ0v) is 12.9. The van der Waals surface area contributed by atoms with Crippen LogP contribution in [0.15, 0.2) is 0 Å². The number of nitrogens with zero attached hydrogens (tertiary/aromatic N) is 1.